The van der Waals surface area contributed by atoms with Gasteiger partial charge in [0.05, 0.1) is 0 Å². The first-order valence-corrected chi connectivity index (χ1v) is 15.1. The molecular weight excluding hydrogens is 782 g/mol. The van der Waals surface area contributed by atoms with Crippen LogP contribution in [-0.2, 0) is 21.1 Å². The minimum Gasteiger partial charge on any atom is -0.483 e. The molecule has 9 rings (SSSR count). The van der Waals surface area contributed by atoms with Crippen LogP contribution >= 0.6 is 0 Å². The molecule has 0 aliphatic rings. The molecule has 8 heteroatoms. The summed E-state index contributed by atoms with van der Waals surface area (Å²) in [5.74, 6) is 1.86. The summed E-state index contributed by atoms with van der Waals surface area (Å²) in [5.41, 5.74) is 4.94. The van der Waals surface area contributed by atoms with Crippen LogP contribution in [0, 0.1) is 12.1 Å². The number of nitrogens with zero attached hydrogens (tertiary/aromatic N) is 3. The Morgan fingerprint density at radius 3 is 1.44 bits per heavy atom. The SMILES string of the molecule is [Pt+2].[c-]1c(N(c2[c-]c(Oc3ccccn3)c3c(c2)oc2ccccc23)c2ccccc2)cc2oc3ccccc3c2c1Oc1ccccn1. The first-order chi connectivity index (χ1) is 23.3. The Morgan fingerprint density at radius 2 is 0.958 bits per heavy atom. The topological polar surface area (TPSA) is 73.8 Å². The average molecular weight is 805 g/mol. The van der Waals surface area contributed by atoms with Gasteiger partial charge in [-0.1, -0.05) is 78.1 Å². The van der Waals surface area contributed by atoms with Crippen molar-refractivity contribution in [2.75, 3.05) is 4.90 Å². The molecule has 0 fully saturated rings. The predicted octanol–water partition coefficient (Wildman–Crippen LogP) is 10.9. The zero-order valence-electron chi connectivity index (χ0n) is 25.1. The summed E-state index contributed by atoms with van der Waals surface area (Å²) >= 11 is 0. The molecule has 0 bridgehead atoms. The van der Waals surface area contributed by atoms with Gasteiger partial charge in [0.1, 0.15) is 11.2 Å². The largest absolute Gasteiger partial charge is 2.00 e. The molecule has 0 unspecified atom stereocenters. The van der Waals surface area contributed by atoms with Crippen molar-refractivity contribution in [1.82, 2.24) is 9.97 Å². The number of aromatic nitrogens is 2. The van der Waals surface area contributed by atoms with Crippen LogP contribution in [0.1, 0.15) is 0 Å². The number of pyridine rings is 2. The molecule has 48 heavy (non-hydrogen) atoms. The average Bonchev–Trinajstić information content (AvgIpc) is 3.68. The van der Waals surface area contributed by atoms with E-state index in [2.05, 4.69) is 22.1 Å². The molecule has 0 aliphatic heterocycles. The molecule has 9 aromatic rings. The van der Waals surface area contributed by atoms with Crippen molar-refractivity contribution in [3.63, 3.8) is 0 Å². The van der Waals surface area contributed by atoms with Gasteiger partial charge in [-0.25, -0.2) is 9.97 Å². The Hall–Kier alpha value is -5.91. The van der Waals surface area contributed by atoms with E-state index in [4.69, 9.17) is 18.3 Å². The number of hydrogen-bond donors (Lipinski definition) is 0. The molecule has 0 radical (unpaired) electrons. The zero-order chi connectivity index (χ0) is 31.2. The molecule has 0 saturated heterocycles. The molecule has 0 N–H and O–H groups in total. The summed E-state index contributed by atoms with van der Waals surface area (Å²) in [4.78, 5) is 10.9. The summed E-state index contributed by atoms with van der Waals surface area (Å²) in [7, 11) is 0. The Kier molecular flexibility index (Phi) is 7.59. The Labute approximate surface area is 289 Å². The van der Waals surface area contributed by atoms with Gasteiger partial charge in [-0.2, -0.15) is 0 Å². The minimum atomic E-state index is 0. The fraction of sp³-hybridized carbons (Fsp3) is 0. The van der Waals surface area contributed by atoms with E-state index in [1.807, 2.05) is 132 Å². The Bertz CT molecular complexity index is 2370. The molecule has 4 heterocycles. The van der Waals surface area contributed by atoms with E-state index < -0.39 is 0 Å². The van der Waals surface area contributed by atoms with Crippen LogP contribution in [0.3, 0.4) is 0 Å². The van der Waals surface area contributed by atoms with Crippen molar-refractivity contribution < 1.29 is 39.4 Å². The van der Waals surface area contributed by atoms with E-state index in [0.29, 0.717) is 45.8 Å². The van der Waals surface area contributed by atoms with Gasteiger partial charge in [0.15, 0.2) is 0 Å². The number of ether oxygens (including phenoxy) is 2. The molecule has 0 saturated carbocycles. The third kappa shape index (κ3) is 5.24. The fourth-order valence-electron chi connectivity index (χ4n) is 5.88. The van der Waals surface area contributed by atoms with Crippen LogP contribution in [0.25, 0.3) is 43.9 Å². The quantitative estimate of drug-likeness (QED) is 0.149. The number of fused-ring (bicyclic) bond motifs is 6. The molecule has 4 aromatic heterocycles. The summed E-state index contributed by atoms with van der Waals surface area (Å²) in [6.07, 6.45) is 3.39. The van der Waals surface area contributed by atoms with Gasteiger partial charge >= 0.3 is 21.1 Å². The first-order valence-electron chi connectivity index (χ1n) is 15.1. The van der Waals surface area contributed by atoms with Gasteiger partial charge in [0.2, 0.25) is 11.8 Å². The number of furan rings is 2. The first kappa shape index (κ1) is 29.5. The van der Waals surface area contributed by atoms with Crippen LogP contribution in [0.5, 0.6) is 23.3 Å². The number of rotatable bonds is 7. The van der Waals surface area contributed by atoms with Gasteiger partial charge in [-0.3, -0.25) is 0 Å². The van der Waals surface area contributed by atoms with E-state index >= 15 is 0 Å². The minimum absolute atomic E-state index is 0. The number of hydrogen-bond acceptors (Lipinski definition) is 7. The van der Waals surface area contributed by atoms with Crippen molar-refractivity contribution in [2.45, 2.75) is 0 Å². The summed E-state index contributed by atoms with van der Waals surface area (Å²) in [6, 6.07) is 47.9. The van der Waals surface area contributed by atoms with Crippen molar-refractivity contribution in [3.05, 3.63) is 152 Å². The summed E-state index contributed by atoms with van der Waals surface area (Å²) < 4.78 is 25.6. The summed E-state index contributed by atoms with van der Waals surface area (Å²) in [5, 5.41) is 3.45. The Morgan fingerprint density at radius 1 is 0.500 bits per heavy atom. The molecule has 0 amide bonds. The van der Waals surface area contributed by atoms with E-state index in [-0.39, 0.29) is 21.1 Å². The smallest absolute Gasteiger partial charge is 0.483 e. The van der Waals surface area contributed by atoms with Crippen molar-refractivity contribution in [2.24, 2.45) is 0 Å². The normalized spacial score (nSPS) is 11.2. The van der Waals surface area contributed by atoms with Crippen LogP contribution in [0.2, 0.25) is 0 Å². The fourth-order valence-corrected chi connectivity index (χ4v) is 5.88. The second kappa shape index (κ2) is 12.4. The summed E-state index contributed by atoms with van der Waals surface area (Å²) in [6.45, 7) is 0. The van der Waals surface area contributed by atoms with Gasteiger partial charge < -0.3 is 23.2 Å². The zero-order valence-corrected chi connectivity index (χ0v) is 27.3. The van der Waals surface area contributed by atoms with Crippen LogP contribution in [-0.4, -0.2) is 9.97 Å². The van der Waals surface area contributed by atoms with Gasteiger partial charge in [0, 0.05) is 52.9 Å². The van der Waals surface area contributed by atoms with E-state index in [0.717, 1.165) is 38.4 Å². The maximum Gasteiger partial charge on any atom is 2.00 e. The standard InChI is InChI=1S/C40H23N3O4.Pt/c1-2-12-26(13-3-1)43(27-22-33-39(29-14-4-6-16-31(29)44-33)35(24-27)46-37-18-8-10-20-41-37)28-23-34-40(30-15-5-7-17-32(30)45-34)36(25-28)47-38-19-9-11-21-42-38;/h1-23H;/q-2;+2. The molecule has 7 nitrogen and oxygen atoms in total. The predicted molar refractivity (Wildman–Crippen MR) is 182 cm³/mol. The molecule has 232 valence electrons. The van der Waals surface area contributed by atoms with E-state index in [1.54, 1.807) is 12.4 Å². The molecular formula is C40H23N3O4Pt. The molecule has 0 aliphatic carbocycles. The maximum absolute atomic E-state index is 6.42. The van der Waals surface area contributed by atoms with Crippen LogP contribution in [0.4, 0.5) is 17.1 Å². The van der Waals surface area contributed by atoms with Gasteiger partial charge in [-0.05, 0) is 57.9 Å². The van der Waals surface area contributed by atoms with Gasteiger partial charge in [-0.15, -0.1) is 24.3 Å². The Balaban J connectivity index is 0.00000336. The third-order valence-corrected chi connectivity index (χ3v) is 7.90. The number of para-hydroxylation sites is 3. The van der Waals surface area contributed by atoms with Crippen LogP contribution in [0.15, 0.2) is 149 Å². The van der Waals surface area contributed by atoms with Crippen molar-refractivity contribution in [1.29, 1.82) is 0 Å². The second-order valence-electron chi connectivity index (χ2n) is 10.9. The molecule has 5 aromatic carbocycles. The van der Waals surface area contributed by atoms with E-state index in [9.17, 15) is 0 Å². The van der Waals surface area contributed by atoms with Crippen molar-refractivity contribution in [3.8, 4) is 23.3 Å². The third-order valence-electron chi connectivity index (χ3n) is 7.90. The molecule has 0 atom stereocenters. The number of benzene rings is 5. The number of anilines is 3. The van der Waals surface area contributed by atoms with Crippen molar-refractivity contribution >= 4 is 60.9 Å². The maximum atomic E-state index is 6.42. The van der Waals surface area contributed by atoms with Crippen LogP contribution < -0.4 is 14.4 Å². The van der Waals surface area contributed by atoms with Gasteiger partial charge in [0.25, 0.3) is 0 Å². The molecule has 0 spiro atoms. The second-order valence-corrected chi connectivity index (χ2v) is 10.9. The monoisotopic (exact) mass is 804 g/mol. The van der Waals surface area contributed by atoms with E-state index in [1.165, 1.54) is 0 Å².